The first-order chi connectivity index (χ1) is 13.0. The number of carbonyl (C=O) groups excluding carboxylic acids is 2. The number of aromatic nitrogens is 2. The molecule has 1 amide bonds. The molecule has 2 aromatic carbocycles. The third kappa shape index (κ3) is 3.87. The summed E-state index contributed by atoms with van der Waals surface area (Å²) >= 11 is 0. The van der Waals surface area contributed by atoms with Crippen LogP contribution in [-0.2, 0) is 16.1 Å². The van der Waals surface area contributed by atoms with Gasteiger partial charge in [0.2, 0.25) is 0 Å². The maximum absolute atomic E-state index is 12.8. The summed E-state index contributed by atoms with van der Waals surface area (Å²) in [7, 11) is 1.46. The van der Waals surface area contributed by atoms with Gasteiger partial charge in [-0.2, -0.15) is 5.10 Å². The van der Waals surface area contributed by atoms with Gasteiger partial charge in [-0.1, -0.05) is 48.5 Å². The molecule has 1 aromatic heterocycles. The number of hydrogen-bond acceptors (Lipinski definition) is 5. The van der Waals surface area contributed by atoms with Crippen molar-refractivity contribution < 1.29 is 14.3 Å². The highest BCUT2D eigenvalue weighted by atomic mass is 16.5. The fourth-order valence-corrected chi connectivity index (χ4v) is 2.72. The summed E-state index contributed by atoms with van der Waals surface area (Å²) < 4.78 is 6.45. The fourth-order valence-electron chi connectivity index (χ4n) is 2.72. The zero-order valence-corrected chi connectivity index (χ0v) is 15.0. The molecular weight excluding hydrogens is 346 g/mol. The monoisotopic (exact) mass is 365 g/mol. The van der Waals surface area contributed by atoms with Gasteiger partial charge in [0.25, 0.3) is 11.5 Å². The van der Waals surface area contributed by atoms with E-state index in [2.05, 4.69) is 10.4 Å². The average Bonchev–Trinajstić information content (AvgIpc) is 2.70. The molecule has 3 rings (SSSR count). The van der Waals surface area contributed by atoms with E-state index in [1.807, 2.05) is 30.3 Å². The maximum Gasteiger partial charge on any atom is 0.360 e. The van der Waals surface area contributed by atoms with E-state index in [1.165, 1.54) is 18.7 Å². The number of ether oxygens (including phenoxy) is 1. The largest absolute Gasteiger partial charge is 0.448 e. The first-order valence-electron chi connectivity index (χ1n) is 8.47. The van der Waals surface area contributed by atoms with Gasteiger partial charge in [0.1, 0.15) is 0 Å². The molecule has 0 saturated heterocycles. The van der Waals surface area contributed by atoms with Crippen LogP contribution in [0.15, 0.2) is 59.4 Å². The summed E-state index contributed by atoms with van der Waals surface area (Å²) in [5, 5.41) is 7.41. The molecule has 1 atom stereocenters. The number of hydrogen-bond donors (Lipinski definition) is 1. The van der Waals surface area contributed by atoms with Crippen LogP contribution in [0.5, 0.6) is 0 Å². The molecule has 0 fully saturated rings. The number of benzene rings is 2. The summed E-state index contributed by atoms with van der Waals surface area (Å²) in [6.07, 6.45) is -0.974. The van der Waals surface area contributed by atoms with Crippen LogP contribution in [0.25, 0.3) is 10.8 Å². The summed E-state index contributed by atoms with van der Waals surface area (Å²) in [6.45, 7) is 1.69. The third-order valence-electron chi connectivity index (χ3n) is 4.14. The van der Waals surface area contributed by atoms with Crippen LogP contribution in [0.2, 0.25) is 0 Å². The fraction of sp³-hybridized carbons (Fsp3) is 0.200. The van der Waals surface area contributed by atoms with E-state index in [0.717, 1.165) is 5.56 Å². The van der Waals surface area contributed by atoms with Gasteiger partial charge >= 0.3 is 5.97 Å². The van der Waals surface area contributed by atoms with E-state index in [1.54, 1.807) is 24.3 Å². The number of fused-ring (bicyclic) bond motifs is 1. The Balaban J connectivity index is 2.06. The van der Waals surface area contributed by atoms with Crippen LogP contribution >= 0.6 is 0 Å². The van der Waals surface area contributed by atoms with Gasteiger partial charge < -0.3 is 10.1 Å². The standard InChI is InChI=1S/C20H19N3O4/c1-13(18(24)21-2)27-20(26)17-15-10-6-7-11-16(15)19(25)23(22-17)12-14-8-4-3-5-9-14/h3-11,13H,12H2,1-2H3,(H,21,24)/t13-/m0/s1. The molecule has 7 nitrogen and oxygen atoms in total. The minimum Gasteiger partial charge on any atom is -0.448 e. The minimum absolute atomic E-state index is 0.00289. The first kappa shape index (κ1) is 18.3. The van der Waals surface area contributed by atoms with Crippen LogP contribution in [0, 0.1) is 0 Å². The maximum atomic E-state index is 12.8. The van der Waals surface area contributed by atoms with Crippen molar-refractivity contribution in [2.75, 3.05) is 7.05 Å². The molecule has 1 heterocycles. The van der Waals surface area contributed by atoms with E-state index in [9.17, 15) is 14.4 Å². The van der Waals surface area contributed by atoms with Crippen molar-refractivity contribution in [3.63, 3.8) is 0 Å². The van der Waals surface area contributed by atoms with Crippen LogP contribution in [-0.4, -0.2) is 34.8 Å². The Morgan fingerprint density at radius 1 is 1.07 bits per heavy atom. The number of amides is 1. The molecular formula is C20H19N3O4. The topological polar surface area (TPSA) is 90.3 Å². The molecule has 0 bridgehead atoms. The smallest absolute Gasteiger partial charge is 0.360 e. The highest BCUT2D eigenvalue weighted by Crippen LogP contribution is 2.15. The molecule has 0 aliphatic carbocycles. The summed E-state index contributed by atoms with van der Waals surface area (Å²) in [6, 6.07) is 16.1. The Kier molecular flexibility index (Phi) is 5.30. The third-order valence-corrected chi connectivity index (χ3v) is 4.14. The van der Waals surface area contributed by atoms with E-state index >= 15 is 0 Å². The molecule has 0 radical (unpaired) electrons. The lowest BCUT2D eigenvalue weighted by molar-refractivity contribution is -0.128. The predicted molar refractivity (Wildman–Crippen MR) is 100 cm³/mol. The van der Waals surface area contributed by atoms with Gasteiger partial charge in [-0.25, -0.2) is 9.48 Å². The van der Waals surface area contributed by atoms with Gasteiger partial charge in [-0.3, -0.25) is 9.59 Å². The highest BCUT2D eigenvalue weighted by molar-refractivity contribution is 6.02. The second kappa shape index (κ2) is 7.82. The van der Waals surface area contributed by atoms with Crippen LogP contribution in [0.4, 0.5) is 0 Å². The van der Waals surface area contributed by atoms with Crippen molar-refractivity contribution in [1.82, 2.24) is 15.1 Å². The van der Waals surface area contributed by atoms with Crippen molar-refractivity contribution in [2.45, 2.75) is 19.6 Å². The summed E-state index contributed by atoms with van der Waals surface area (Å²) in [5.74, 6) is -1.19. The van der Waals surface area contributed by atoms with Gasteiger partial charge in [0, 0.05) is 12.4 Å². The summed E-state index contributed by atoms with van der Waals surface area (Å²) in [5.41, 5.74) is 0.572. The minimum atomic E-state index is -0.974. The normalized spacial score (nSPS) is 11.8. The summed E-state index contributed by atoms with van der Waals surface area (Å²) in [4.78, 5) is 37.0. The highest BCUT2D eigenvalue weighted by Gasteiger charge is 2.22. The van der Waals surface area contributed by atoms with Crippen molar-refractivity contribution in [1.29, 1.82) is 0 Å². The van der Waals surface area contributed by atoms with Gasteiger partial charge in [0.15, 0.2) is 11.8 Å². The molecule has 3 aromatic rings. The Labute approximate surface area is 155 Å². The molecule has 1 N–H and O–H groups in total. The van der Waals surface area contributed by atoms with Gasteiger partial charge in [-0.15, -0.1) is 0 Å². The SMILES string of the molecule is CNC(=O)[C@H](C)OC(=O)c1nn(Cc2ccccc2)c(=O)c2ccccc12. The average molecular weight is 365 g/mol. The number of esters is 1. The molecule has 27 heavy (non-hydrogen) atoms. The van der Waals surface area contributed by atoms with Crippen molar-refractivity contribution in [3.05, 3.63) is 76.2 Å². The lowest BCUT2D eigenvalue weighted by atomic mass is 10.1. The molecule has 7 heteroatoms. The molecule has 138 valence electrons. The molecule has 0 aliphatic heterocycles. The molecule has 0 unspecified atom stereocenters. The Bertz CT molecular complexity index is 1040. The van der Waals surface area contributed by atoms with E-state index in [-0.39, 0.29) is 17.8 Å². The first-order valence-corrected chi connectivity index (χ1v) is 8.47. The Morgan fingerprint density at radius 2 is 1.70 bits per heavy atom. The van der Waals surface area contributed by atoms with E-state index in [4.69, 9.17) is 4.74 Å². The zero-order chi connectivity index (χ0) is 19.4. The van der Waals surface area contributed by atoms with E-state index in [0.29, 0.717) is 10.8 Å². The number of carbonyl (C=O) groups is 2. The number of nitrogens with zero attached hydrogens (tertiary/aromatic N) is 2. The number of likely N-dealkylation sites (N-methyl/N-ethyl adjacent to an activating group) is 1. The number of nitrogens with one attached hydrogen (secondary N) is 1. The predicted octanol–water partition coefficient (Wildman–Crippen LogP) is 1.74. The molecule has 0 saturated carbocycles. The lowest BCUT2D eigenvalue weighted by Crippen LogP contribution is -2.34. The van der Waals surface area contributed by atoms with Crippen molar-refractivity contribution in [3.8, 4) is 0 Å². The van der Waals surface area contributed by atoms with Gasteiger partial charge in [0.05, 0.1) is 11.9 Å². The van der Waals surface area contributed by atoms with Crippen LogP contribution in [0.1, 0.15) is 23.0 Å². The van der Waals surface area contributed by atoms with Crippen LogP contribution < -0.4 is 10.9 Å². The molecule has 0 aliphatic rings. The Morgan fingerprint density at radius 3 is 2.37 bits per heavy atom. The van der Waals surface area contributed by atoms with E-state index < -0.39 is 18.0 Å². The van der Waals surface area contributed by atoms with Gasteiger partial charge in [-0.05, 0) is 18.6 Å². The van der Waals surface area contributed by atoms with Crippen molar-refractivity contribution >= 4 is 22.6 Å². The van der Waals surface area contributed by atoms with Crippen molar-refractivity contribution in [2.24, 2.45) is 0 Å². The zero-order valence-electron chi connectivity index (χ0n) is 15.0. The lowest BCUT2D eigenvalue weighted by Gasteiger charge is -2.14. The van der Waals surface area contributed by atoms with Crippen LogP contribution in [0.3, 0.4) is 0 Å². The number of rotatable bonds is 5. The quantitative estimate of drug-likeness (QED) is 0.696. The Hall–Kier alpha value is -3.48. The second-order valence-electron chi connectivity index (χ2n) is 6.00. The molecule has 0 spiro atoms. The second-order valence-corrected chi connectivity index (χ2v) is 6.00.